The number of nitrogens with zero attached hydrogens (tertiary/aromatic N) is 1. The highest BCUT2D eigenvalue weighted by Crippen LogP contribution is 2.22. The average Bonchev–Trinajstić information content (AvgIpc) is 2.34. The number of benzene rings is 1. The van der Waals surface area contributed by atoms with Gasteiger partial charge in [-0.1, -0.05) is 0 Å². The number of phenols is 1. The minimum absolute atomic E-state index is 0.199. The zero-order valence-electron chi connectivity index (χ0n) is 9.69. The van der Waals surface area contributed by atoms with Crippen molar-refractivity contribution in [2.24, 2.45) is 0 Å². The van der Waals surface area contributed by atoms with Gasteiger partial charge in [-0.3, -0.25) is 4.98 Å². The van der Waals surface area contributed by atoms with Gasteiger partial charge in [-0.2, -0.15) is 0 Å². The van der Waals surface area contributed by atoms with Gasteiger partial charge in [-0.25, -0.2) is 8.78 Å². The number of hydrogen-bond donors (Lipinski definition) is 2. The molecular formula is C13H12F2N2O. The Bertz CT molecular complexity index is 543. The molecule has 0 bridgehead atoms. The lowest BCUT2D eigenvalue weighted by atomic mass is 10.2. The molecule has 94 valence electrons. The summed E-state index contributed by atoms with van der Waals surface area (Å²) in [5.74, 6) is -1.49. The number of anilines is 1. The first-order chi connectivity index (χ1) is 8.56. The van der Waals surface area contributed by atoms with E-state index in [-0.39, 0.29) is 6.04 Å². The van der Waals surface area contributed by atoms with Crippen molar-refractivity contribution in [1.29, 1.82) is 0 Å². The average molecular weight is 250 g/mol. The van der Waals surface area contributed by atoms with E-state index in [9.17, 15) is 8.78 Å². The molecule has 0 amide bonds. The molecule has 3 nitrogen and oxygen atoms in total. The standard InChI is InChI=1S/C13H12F2N2O/c1-8(12-4-2-9(14)7-16-12)17-10-3-5-13(18)11(15)6-10/h2-8,17-18H,1H3. The van der Waals surface area contributed by atoms with E-state index in [1.54, 1.807) is 12.1 Å². The van der Waals surface area contributed by atoms with Crippen LogP contribution >= 0.6 is 0 Å². The third-order valence-corrected chi connectivity index (χ3v) is 2.52. The summed E-state index contributed by atoms with van der Waals surface area (Å²) in [6.07, 6.45) is 1.13. The zero-order valence-corrected chi connectivity index (χ0v) is 9.69. The van der Waals surface area contributed by atoms with Crippen LogP contribution in [-0.4, -0.2) is 10.1 Å². The van der Waals surface area contributed by atoms with Crippen molar-refractivity contribution < 1.29 is 13.9 Å². The van der Waals surface area contributed by atoms with Crippen molar-refractivity contribution >= 4 is 5.69 Å². The smallest absolute Gasteiger partial charge is 0.166 e. The highest BCUT2D eigenvalue weighted by Gasteiger charge is 2.08. The molecule has 0 saturated carbocycles. The molecule has 0 aliphatic carbocycles. The Balaban J connectivity index is 2.13. The summed E-state index contributed by atoms with van der Waals surface area (Å²) in [4.78, 5) is 3.93. The second-order valence-electron chi connectivity index (χ2n) is 3.93. The fraction of sp³-hybridized carbons (Fsp3) is 0.154. The lowest BCUT2D eigenvalue weighted by Gasteiger charge is -2.14. The molecule has 2 rings (SSSR count). The number of pyridine rings is 1. The Kier molecular flexibility index (Phi) is 3.41. The number of nitrogens with one attached hydrogen (secondary N) is 1. The summed E-state index contributed by atoms with van der Waals surface area (Å²) in [6.45, 7) is 1.82. The van der Waals surface area contributed by atoms with Crippen LogP contribution in [0.2, 0.25) is 0 Å². The minimum Gasteiger partial charge on any atom is -0.505 e. The van der Waals surface area contributed by atoms with Crippen molar-refractivity contribution in [3.8, 4) is 5.75 Å². The van der Waals surface area contributed by atoms with Gasteiger partial charge in [-0.15, -0.1) is 0 Å². The van der Waals surface area contributed by atoms with E-state index in [2.05, 4.69) is 10.3 Å². The summed E-state index contributed by atoms with van der Waals surface area (Å²) in [6, 6.07) is 6.69. The van der Waals surface area contributed by atoms with Crippen molar-refractivity contribution in [1.82, 2.24) is 4.98 Å². The largest absolute Gasteiger partial charge is 0.505 e. The van der Waals surface area contributed by atoms with E-state index in [0.717, 1.165) is 6.20 Å². The molecule has 2 N–H and O–H groups in total. The fourth-order valence-electron chi connectivity index (χ4n) is 1.56. The van der Waals surface area contributed by atoms with Crippen LogP contribution in [0.3, 0.4) is 0 Å². The molecule has 0 fully saturated rings. The van der Waals surface area contributed by atoms with E-state index >= 15 is 0 Å². The quantitative estimate of drug-likeness (QED) is 0.822. The van der Waals surface area contributed by atoms with Crippen LogP contribution in [0.15, 0.2) is 36.5 Å². The van der Waals surface area contributed by atoms with Crippen molar-refractivity contribution in [3.63, 3.8) is 0 Å². The SMILES string of the molecule is CC(Nc1ccc(O)c(F)c1)c1ccc(F)cn1. The van der Waals surface area contributed by atoms with Crippen LogP contribution in [0.4, 0.5) is 14.5 Å². The Hall–Kier alpha value is -2.17. The van der Waals surface area contributed by atoms with Gasteiger partial charge in [0.25, 0.3) is 0 Å². The van der Waals surface area contributed by atoms with E-state index < -0.39 is 17.4 Å². The molecule has 0 aliphatic heterocycles. The van der Waals surface area contributed by atoms with Gasteiger partial charge < -0.3 is 10.4 Å². The maximum atomic E-state index is 13.1. The molecule has 18 heavy (non-hydrogen) atoms. The van der Waals surface area contributed by atoms with E-state index in [1.165, 1.54) is 18.2 Å². The summed E-state index contributed by atoms with van der Waals surface area (Å²) >= 11 is 0. The topological polar surface area (TPSA) is 45.1 Å². The maximum absolute atomic E-state index is 13.1. The lowest BCUT2D eigenvalue weighted by Crippen LogP contribution is -2.08. The van der Waals surface area contributed by atoms with Crippen LogP contribution in [0.5, 0.6) is 5.75 Å². The zero-order chi connectivity index (χ0) is 13.1. The monoisotopic (exact) mass is 250 g/mol. The van der Waals surface area contributed by atoms with Gasteiger partial charge in [0.15, 0.2) is 11.6 Å². The number of aromatic hydroxyl groups is 1. The van der Waals surface area contributed by atoms with Gasteiger partial charge in [-0.05, 0) is 31.2 Å². The second kappa shape index (κ2) is 5.00. The third-order valence-electron chi connectivity index (χ3n) is 2.52. The fourth-order valence-corrected chi connectivity index (χ4v) is 1.56. The number of halogens is 2. The van der Waals surface area contributed by atoms with Crippen LogP contribution in [0.25, 0.3) is 0 Å². The molecule has 1 heterocycles. The molecular weight excluding hydrogens is 238 g/mol. The molecule has 0 radical (unpaired) electrons. The Morgan fingerprint density at radius 1 is 1.22 bits per heavy atom. The molecule has 5 heteroatoms. The summed E-state index contributed by atoms with van der Waals surface area (Å²) in [5.41, 5.74) is 1.16. The van der Waals surface area contributed by atoms with Crippen molar-refractivity contribution in [2.45, 2.75) is 13.0 Å². The van der Waals surface area contributed by atoms with Crippen molar-refractivity contribution in [3.05, 3.63) is 53.9 Å². The molecule has 0 saturated heterocycles. The molecule has 1 atom stereocenters. The predicted octanol–water partition coefficient (Wildman–Crippen LogP) is 3.24. The molecule has 1 aromatic heterocycles. The van der Waals surface area contributed by atoms with Gasteiger partial charge >= 0.3 is 0 Å². The van der Waals surface area contributed by atoms with Crippen molar-refractivity contribution in [2.75, 3.05) is 5.32 Å². The van der Waals surface area contributed by atoms with Gasteiger partial charge in [0.05, 0.1) is 17.9 Å². The first-order valence-corrected chi connectivity index (χ1v) is 5.43. The number of rotatable bonds is 3. The Labute approximate surface area is 103 Å². The maximum Gasteiger partial charge on any atom is 0.166 e. The third kappa shape index (κ3) is 2.74. The molecule has 0 aliphatic rings. The highest BCUT2D eigenvalue weighted by atomic mass is 19.1. The predicted molar refractivity (Wildman–Crippen MR) is 64.3 cm³/mol. The number of hydrogen-bond acceptors (Lipinski definition) is 3. The number of aromatic nitrogens is 1. The highest BCUT2D eigenvalue weighted by molar-refractivity contribution is 5.48. The number of phenolic OH excluding ortho intramolecular Hbond substituents is 1. The van der Waals surface area contributed by atoms with E-state index in [4.69, 9.17) is 5.11 Å². The Morgan fingerprint density at radius 3 is 2.61 bits per heavy atom. The molecule has 1 unspecified atom stereocenters. The van der Waals surface area contributed by atoms with Gasteiger partial charge in [0, 0.05) is 11.8 Å². The van der Waals surface area contributed by atoms with Crippen LogP contribution in [-0.2, 0) is 0 Å². The second-order valence-corrected chi connectivity index (χ2v) is 3.93. The van der Waals surface area contributed by atoms with Crippen LogP contribution < -0.4 is 5.32 Å². The molecule has 1 aromatic carbocycles. The van der Waals surface area contributed by atoms with E-state index in [1.807, 2.05) is 6.92 Å². The van der Waals surface area contributed by atoms with Gasteiger partial charge in [0.1, 0.15) is 5.82 Å². The lowest BCUT2D eigenvalue weighted by molar-refractivity contribution is 0.432. The normalized spacial score (nSPS) is 12.2. The minimum atomic E-state index is -0.695. The van der Waals surface area contributed by atoms with Gasteiger partial charge in [0.2, 0.25) is 0 Å². The first kappa shape index (κ1) is 12.3. The molecule has 2 aromatic rings. The summed E-state index contributed by atoms with van der Waals surface area (Å²) in [7, 11) is 0. The first-order valence-electron chi connectivity index (χ1n) is 5.43. The summed E-state index contributed by atoms with van der Waals surface area (Å²) < 4.78 is 25.8. The Morgan fingerprint density at radius 2 is 2.00 bits per heavy atom. The van der Waals surface area contributed by atoms with Crippen LogP contribution in [0.1, 0.15) is 18.7 Å². The van der Waals surface area contributed by atoms with E-state index in [0.29, 0.717) is 11.4 Å². The summed E-state index contributed by atoms with van der Waals surface area (Å²) in [5, 5.41) is 12.1. The molecule has 0 spiro atoms. The van der Waals surface area contributed by atoms with Crippen LogP contribution in [0, 0.1) is 11.6 Å².